The van der Waals surface area contributed by atoms with E-state index in [4.69, 9.17) is 0 Å². The lowest BCUT2D eigenvalue weighted by atomic mass is 9.67. The average molecular weight is 599 g/mol. The molecule has 220 valence electrons. The van der Waals surface area contributed by atoms with E-state index in [1.165, 1.54) is 66.1 Å². The molecule has 0 atom stereocenters. The average Bonchev–Trinajstić information content (AvgIpc) is 3.82. The number of hydrogen-bond acceptors (Lipinski definition) is 0. The normalized spacial score (nSPS) is 13.3. The second kappa shape index (κ2) is 9.94. The van der Waals surface area contributed by atoms with Crippen LogP contribution in [0.15, 0.2) is 182 Å². The van der Waals surface area contributed by atoms with Gasteiger partial charge in [-0.2, -0.15) is 0 Å². The molecule has 0 saturated carbocycles. The first-order valence-corrected chi connectivity index (χ1v) is 16.3. The molecule has 47 heavy (non-hydrogen) atoms. The second-order valence-electron chi connectivity index (χ2n) is 12.5. The van der Waals surface area contributed by atoms with Gasteiger partial charge in [-0.05, 0) is 81.9 Å². The third-order valence-electron chi connectivity index (χ3n) is 10.3. The summed E-state index contributed by atoms with van der Waals surface area (Å²) in [5.41, 5.74) is 13.5. The van der Waals surface area contributed by atoms with Gasteiger partial charge in [-0.25, -0.2) is 0 Å². The van der Waals surface area contributed by atoms with Crippen molar-refractivity contribution in [1.82, 2.24) is 9.13 Å². The molecule has 0 fully saturated rings. The van der Waals surface area contributed by atoms with E-state index in [9.17, 15) is 0 Å². The van der Waals surface area contributed by atoms with Gasteiger partial charge in [0.2, 0.25) is 0 Å². The highest BCUT2D eigenvalue weighted by Crippen LogP contribution is 2.57. The van der Waals surface area contributed by atoms with E-state index in [-0.39, 0.29) is 0 Å². The van der Waals surface area contributed by atoms with Gasteiger partial charge in [0.15, 0.2) is 0 Å². The molecule has 7 aromatic carbocycles. The first kappa shape index (κ1) is 26.1. The summed E-state index contributed by atoms with van der Waals surface area (Å²) in [4.78, 5) is 0. The van der Waals surface area contributed by atoms with E-state index in [1.807, 2.05) is 0 Å². The molecule has 2 heteroatoms. The summed E-state index contributed by atoms with van der Waals surface area (Å²) in [5.74, 6) is 0. The van der Waals surface area contributed by atoms with Gasteiger partial charge in [0.05, 0.1) is 22.0 Å². The van der Waals surface area contributed by atoms with Gasteiger partial charge < -0.3 is 9.13 Å². The lowest BCUT2D eigenvalue weighted by Gasteiger charge is -2.33. The van der Waals surface area contributed by atoms with Crippen molar-refractivity contribution in [3.05, 3.63) is 204 Å². The highest BCUT2D eigenvalue weighted by Gasteiger charge is 2.46. The lowest BCUT2D eigenvalue weighted by molar-refractivity contribution is 0.769. The number of para-hydroxylation sites is 2. The molecule has 1 aliphatic carbocycles. The molecule has 2 nitrogen and oxygen atoms in total. The minimum absolute atomic E-state index is 0.394. The standard InChI is InChI=1S/C45H30N2/c1-3-13-31(14-4-1)45(32-15-5-2-6-16-32)39-20-10-7-19-37(39)44-38-29-30-46(41(38)28-27-40(44)45)33-23-25-34(26-24-33)47-42-21-11-8-17-35(42)36-18-9-12-22-43(36)47/h1-30H. The molecule has 0 radical (unpaired) electrons. The van der Waals surface area contributed by atoms with Crippen LogP contribution in [0.5, 0.6) is 0 Å². The molecule has 2 aromatic heterocycles. The summed E-state index contributed by atoms with van der Waals surface area (Å²) in [6.07, 6.45) is 2.23. The van der Waals surface area contributed by atoms with Crippen molar-refractivity contribution < 1.29 is 0 Å². The maximum atomic E-state index is 2.38. The van der Waals surface area contributed by atoms with E-state index in [0.29, 0.717) is 0 Å². The zero-order chi connectivity index (χ0) is 31.0. The quantitative estimate of drug-likeness (QED) is 0.191. The van der Waals surface area contributed by atoms with Gasteiger partial charge in [-0.1, -0.05) is 127 Å². The van der Waals surface area contributed by atoms with Crippen LogP contribution in [0.4, 0.5) is 0 Å². The number of hydrogen-bond donors (Lipinski definition) is 0. The van der Waals surface area contributed by atoms with E-state index in [0.717, 1.165) is 11.4 Å². The molecule has 0 N–H and O–H groups in total. The van der Waals surface area contributed by atoms with Gasteiger partial charge >= 0.3 is 0 Å². The first-order valence-electron chi connectivity index (χ1n) is 16.3. The Hall–Kier alpha value is -6.12. The molecular weight excluding hydrogens is 569 g/mol. The van der Waals surface area contributed by atoms with Gasteiger partial charge in [-0.3, -0.25) is 0 Å². The molecule has 0 bridgehead atoms. The van der Waals surface area contributed by atoms with Gasteiger partial charge in [0.25, 0.3) is 0 Å². The lowest BCUT2D eigenvalue weighted by Crippen LogP contribution is -2.28. The highest BCUT2D eigenvalue weighted by atomic mass is 15.0. The van der Waals surface area contributed by atoms with E-state index in [2.05, 4.69) is 191 Å². The fraction of sp³-hybridized carbons (Fsp3) is 0.0222. The van der Waals surface area contributed by atoms with E-state index >= 15 is 0 Å². The highest BCUT2D eigenvalue weighted by molar-refractivity contribution is 6.09. The molecule has 0 unspecified atom stereocenters. The first-order chi connectivity index (χ1) is 23.3. The number of nitrogens with zero attached hydrogens (tertiary/aromatic N) is 2. The summed E-state index contributed by atoms with van der Waals surface area (Å²) in [5, 5.41) is 3.83. The van der Waals surface area contributed by atoms with Crippen LogP contribution in [0, 0.1) is 0 Å². The van der Waals surface area contributed by atoms with Crippen molar-refractivity contribution in [2.75, 3.05) is 0 Å². The Kier molecular flexibility index (Phi) is 5.53. The van der Waals surface area contributed by atoms with Gasteiger partial charge in [0.1, 0.15) is 0 Å². The molecule has 9 aromatic rings. The summed E-state index contributed by atoms with van der Waals surface area (Å²) < 4.78 is 4.71. The van der Waals surface area contributed by atoms with Crippen LogP contribution in [0.2, 0.25) is 0 Å². The molecule has 2 heterocycles. The van der Waals surface area contributed by atoms with Gasteiger partial charge in [0, 0.05) is 33.7 Å². The van der Waals surface area contributed by atoms with Crippen LogP contribution in [-0.2, 0) is 5.41 Å². The largest absolute Gasteiger partial charge is 0.317 e. The molecule has 1 aliphatic rings. The molecular formula is C45H30N2. The second-order valence-corrected chi connectivity index (χ2v) is 12.5. The van der Waals surface area contributed by atoms with Crippen LogP contribution >= 0.6 is 0 Å². The Labute approximate surface area is 273 Å². The van der Waals surface area contributed by atoms with E-state index in [1.54, 1.807) is 0 Å². The maximum Gasteiger partial charge on any atom is 0.0713 e. The number of rotatable bonds is 4. The topological polar surface area (TPSA) is 9.86 Å². The fourth-order valence-corrected chi connectivity index (χ4v) is 8.35. The number of fused-ring (bicyclic) bond motifs is 8. The van der Waals surface area contributed by atoms with Crippen LogP contribution in [-0.4, -0.2) is 9.13 Å². The number of benzene rings is 7. The van der Waals surface area contributed by atoms with Gasteiger partial charge in [-0.15, -0.1) is 0 Å². The Morgan fingerprint density at radius 1 is 0.362 bits per heavy atom. The Bertz CT molecular complexity index is 2510. The fourth-order valence-electron chi connectivity index (χ4n) is 8.35. The third-order valence-corrected chi connectivity index (χ3v) is 10.3. The van der Waals surface area contributed by atoms with Crippen molar-refractivity contribution >= 4 is 32.7 Å². The Morgan fingerprint density at radius 2 is 0.915 bits per heavy atom. The maximum absolute atomic E-state index is 2.38. The predicted octanol–water partition coefficient (Wildman–Crippen LogP) is 11.1. The van der Waals surface area contributed by atoms with Crippen LogP contribution in [0.1, 0.15) is 22.3 Å². The molecule has 0 spiro atoms. The summed E-state index contributed by atoms with van der Waals surface area (Å²) in [7, 11) is 0. The van der Waals surface area contributed by atoms with Crippen LogP contribution < -0.4 is 0 Å². The smallest absolute Gasteiger partial charge is 0.0713 e. The minimum Gasteiger partial charge on any atom is -0.317 e. The minimum atomic E-state index is -0.394. The van der Waals surface area contributed by atoms with Crippen LogP contribution in [0.3, 0.4) is 0 Å². The summed E-state index contributed by atoms with van der Waals surface area (Å²) in [6, 6.07) is 64.4. The molecule has 0 amide bonds. The predicted molar refractivity (Wildman–Crippen MR) is 195 cm³/mol. The van der Waals surface area contributed by atoms with Crippen molar-refractivity contribution in [2.24, 2.45) is 0 Å². The summed E-state index contributed by atoms with van der Waals surface area (Å²) in [6.45, 7) is 0. The Morgan fingerprint density at radius 3 is 1.57 bits per heavy atom. The van der Waals surface area contributed by atoms with Crippen LogP contribution in [0.25, 0.3) is 55.2 Å². The summed E-state index contributed by atoms with van der Waals surface area (Å²) >= 11 is 0. The van der Waals surface area contributed by atoms with Crippen molar-refractivity contribution in [3.63, 3.8) is 0 Å². The zero-order valence-electron chi connectivity index (χ0n) is 25.7. The van der Waals surface area contributed by atoms with Crippen molar-refractivity contribution in [3.8, 4) is 22.5 Å². The third kappa shape index (κ3) is 3.55. The zero-order valence-corrected chi connectivity index (χ0v) is 25.7. The Balaban J connectivity index is 1.16. The number of aromatic nitrogens is 2. The SMILES string of the molecule is c1ccc(C2(c3ccccc3)c3ccccc3-c3c2ccc2c3ccn2-c2ccc(-n3c4ccccc4c4ccccc43)cc2)cc1. The van der Waals surface area contributed by atoms with Crippen molar-refractivity contribution in [2.45, 2.75) is 5.41 Å². The monoisotopic (exact) mass is 598 g/mol. The van der Waals surface area contributed by atoms with E-state index < -0.39 is 5.41 Å². The molecule has 10 rings (SSSR count). The molecule has 0 saturated heterocycles. The van der Waals surface area contributed by atoms with Crippen molar-refractivity contribution in [1.29, 1.82) is 0 Å². The molecule has 0 aliphatic heterocycles.